The van der Waals surface area contributed by atoms with Crippen LogP contribution in [0.3, 0.4) is 0 Å². The van der Waals surface area contributed by atoms with Crippen LogP contribution in [-0.4, -0.2) is 18.0 Å². The first-order valence-electron chi connectivity index (χ1n) is 4.96. The number of benzene rings is 1. The van der Waals surface area contributed by atoms with Crippen LogP contribution in [0, 0.1) is 0 Å². The van der Waals surface area contributed by atoms with E-state index in [1.165, 1.54) is 6.07 Å². The fourth-order valence-electron chi connectivity index (χ4n) is 1.18. The van der Waals surface area contributed by atoms with Gasteiger partial charge in [0.05, 0.1) is 0 Å². The molecular formula is C11H15N3O2. The van der Waals surface area contributed by atoms with Gasteiger partial charge in [0, 0.05) is 17.3 Å². The molecule has 0 heterocycles. The molecule has 0 spiro atoms. The highest BCUT2D eigenvalue weighted by Gasteiger charge is 2.05. The van der Waals surface area contributed by atoms with Crippen molar-refractivity contribution in [3.63, 3.8) is 0 Å². The van der Waals surface area contributed by atoms with Gasteiger partial charge in [-0.15, -0.1) is 0 Å². The molecule has 4 N–H and O–H groups in total. The Morgan fingerprint density at radius 3 is 2.56 bits per heavy atom. The lowest BCUT2D eigenvalue weighted by Crippen LogP contribution is -2.34. The zero-order chi connectivity index (χ0) is 12.1. The smallest absolute Gasteiger partial charge is 0.319 e. The zero-order valence-electron chi connectivity index (χ0n) is 9.28. The summed E-state index contributed by atoms with van der Waals surface area (Å²) < 4.78 is 0. The molecule has 0 fully saturated rings. The first-order chi connectivity index (χ1) is 7.49. The van der Waals surface area contributed by atoms with Gasteiger partial charge in [-0.1, -0.05) is 6.07 Å². The first kappa shape index (κ1) is 12.0. The molecule has 3 amide bonds. The van der Waals surface area contributed by atoms with Crippen LogP contribution in [0.15, 0.2) is 24.3 Å². The monoisotopic (exact) mass is 221 g/mol. The lowest BCUT2D eigenvalue weighted by molar-refractivity contribution is 0.100. The third-order valence-electron chi connectivity index (χ3n) is 1.82. The summed E-state index contributed by atoms with van der Waals surface area (Å²) in [6.07, 6.45) is 0. The predicted molar refractivity (Wildman–Crippen MR) is 62.3 cm³/mol. The number of carbonyl (C=O) groups is 2. The maximum Gasteiger partial charge on any atom is 0.319 e. The van der Waals surface area contributed by atoms with Crippen LogP contribution in [0.25, 0.3) is 0 Å². The quantitative estimate of drug-likeness (QED) is 0.719. The molecule has 16 heavy (non-hydrogen) atoms. The second-order valence-electron chi connectivity index (χ2n) is 3.70. The van der Waals surface area contributed by atoms with Crippen LogP contribution in [-0.2, 0) is 0 Å². The van der Waals surface area contributed by atoms with Crippen LogP contribution >= 0.6 is 0 Å². The molecule has 0 atom stereocenters. The number of nitrogens with two attached hydrogens (primary N) is 1. The summed E-state index contributed by atoms with van der Waals surface area (Å²) in [5.74, 6) is -0.520. The first-order valence-corrected chi connectivity index (χ1v) is 4.96. The summed E-state index contributed by atoms with van der Waals surface area (Å²) >= 11 is 0. The van der Waals surface area contributed by atoms with Crippen molar-refractivity contribution in [2.45, 2.75) is 19.9 Å². The van der Waals surface area contributed by atoms with Gasteiger partial charge in [-0.25, -0.2) is 4.79 Å². The molecule has 86 valence electrons. The maximum atomic E-state index is 11.4. The van der Waals surface area contributed by atoms with Crippen molar-refractivity contribution in [2.75, 3.05) is 5.32 Å². The van der Waals surface area contributed by atoms with Gasteiger partial charge in [-0.3, -0.25) is 4.79 Å². The largest absolute Gasteiger partial charge is 0.366 e. The summed E-state index contributed by atoms with van der Waals surface area (Å²) in [5.41, 5.74) is 6.03. The minimum absolute atomic E-state index is 0.0549. The zero-order valence-corrected chi connectivity index (χ0v) is 9.28. The van der Waals surface area contributed by atoms with E-state index in [1.54, 1.807) is 18.2 Å². The molecule has 5 nitrogen and oxygen atoms in total. The molecule has 0 aromatic heterocycles. The molecule has 1 aromatic carbocycles. The third-order valence-corrected chi connectivity index (χ3v) is 1.82. The number of primary amides is 1. The topological polar surface area (TPSA) is 84.2 Å². The maximum absolute atomic E-state index is 11.4. The molecule has 0 bridgehead atoms. The Morgan fingerprint density at radius 1 is 1.31 bits per heavy atom. The summed E-state index contributed by atoms with van der Waals surface area (Å²) in [7, 11) is 0. The SMILES string of the molecule is CC(C)NC(=O)Nc1cccc(C(N)=O)c1. The van der Waals surface area contributed by atoms with Crippen molar-refractivity contribution in [2.24, 2.45) is 5.73 Å². The van der Waals surface area contributed by atoms with E-state index >= 15 is 0 Å². The van der Waals surface area contributed by atoms with Gasteiger partial charge in [0.15, 0.2) is 0 Å². The Balaban J connectivity index is 2.70. The highest BCUT2D eigenvalue weighted by atomic mass is 16.2. The number of amides is 3. The van der Waals surface area contributed by atoms with Crippen molar-refractivity contribution in [1.82, 2.24) is 5.32 Å². The Kier molecular flexibility index (Phi) is 3.88. The summed E-state index contributed by atoms with van der Waals surface area (Å²) in [6.45, 7) is 3.72. The van der Waals surface area contributed by atoms with E-state index in [0.717, 1.165) is 0 Å². The summed E-state index contributed by atoms with van der Waals surface area (Å²) in [4.78, 5) is 22.3. The number of hydrogen-bond donors (Lipinski definition) is 3. The van der Waals surface area contributed by atoms with Crippen molar-refractivity contribution < 1.29 is 9.59 Å². The highest BCUT2D eigenvalue weighted by molar-refractivity contribution is 5.95. The second-order valence-corrected chi connectivity index (χ2v) is 3.70. The van der Waals surface area contributed by atoms with Gasteiger partial charge in [0.1, 0.15) is 0 Å². The standard InChI is InChI=1S/C11H15N3O2/c1-7(2)13-11(16)14-9-5-3-4-8(6-9)10(12)15/h3-7H,1-2H3,(H2,12,15)(H2,13,14,16). The Labute approximate surface area is 94.0 Å². The molecule has 0 unspecified atom stereocenters. The molecular weight excluding hydrogens is 206 g/mol. The molecule has 0 saturated carbocycles. The van der Waals surface area contributed by atoms with E-state index in [-0.39, 0.29) is 12.1 Å². The van der Waals surface area contributed by atoms with Gasteiger partial charge in [-0.2, -0.15) is 0 Å². The molecule has 0 aliphatic carbocycles. The predicted octanol–water partition coefficient (Wildman–Crippen LogP) is 1.32. The molecule has 1 rings (SSSR count). The van der Waals surface area contributed by atoms with Crippen LogP contribution < -0.4 is 16.4 Å². The summed E-state index contributed by atoms with van der Waals surface area (Å²) in [5, 5.41) is 5.28. The lowest BCUT2D eigenvalue weighted by Gasteiger charge is -2.10. The van der Waals surface area contributed by atoms with Gasteiger partial charge >= 0.3 is 6.03 Å². The lowest BCUT2D eigenvalue weighted by atomic mass is 10.2. The molecule has 0 aliphatic rings. The van der Waals surface area contributed by atoms with E-state index in [9.17, 15) is 9.59 Å². The normalized spacial score (nSPS) is 9.94. The van der Waals surface area contributed by atoms with E-state index in [1.807, 2.05) is 13.8 Å². The van der Waals surface area contributed by atoms with Crippen LogP contribution in [0.2, 0.25) is 0 Å². The van der Waals surface area contributed by atoms with Gasteiger partial charge in [0.2, 0.25) is 5.91 Å². The van der Waals surface area contributed by atoms with E-state index < -0.39 is 5.91 Å². The highest BCUT2D eigenvalue weighted by Crippen LogP contribution is 2.09. The van der Waals surface area contributed by atoms with E-state index in [0.29, 0.717) is 11.3 Å². The minimum Gasteiger partial charge on any atom is -0.366 e. The number of anilines is 1. The van der Waals surface area contributed by atoms with E-state index in [2.05, 4.69) is 10.6 Å². The average molecular weight is 221 g/mol. The molecule has 1 aromatic rings. The van der Waals surface area contributed by atoms with Crippen molar-refractivity contribution in [3.05, 3.63) is 29.8 Å². The van der Waals surface area contributed by atoms with Crippen LogP contribution in [0.4, 0.5) is 10.5 Å². The summed E-state index contributed by atoms with van der Waals surface area (Å²) in [6, 6.07) is 6.21. The van der Waals surface area contributed by atoms with Crippen molar-refractivity contribution in [1.29, 1.82) is 0 Å². The Bertz CT molecular complexity index is 402. The average Bonchev–Trinajstić information content (AvgIpc) is 2.16. The van der Waals surface area contributed by atoms with Crippen molar-refractivity contribution >= 4 is 17.6 Å². The molecule has 0 saturated heterocycles. The van der Waals surface area contributed by atoms with Crippen LogP contribution in [0.1, 0.15) is 24.2 Å². The number of rotatable bonds is 3. The number of carbonyl (C=O) groups excluding carboxylic acids is 2. The van der Waals surface area contributed by atoms with Crippen molar-refractivity contribution in [3.8, 4) is 0 Å². The fraction of sp³-hybridized carbons (Fsp3) is 0.273. The number of nitrogens with one attached hydrogen (secondary N) is 2. The minimum atomic E-state index is -0.520. The molecule has 0 aliphatic heterocycles. The Morgan fingerprint density at radius 2 is 2.00 bits per heavy atom. The second kappa shape index (κ2) is 5.16. The fourth-order valence-corrected chi connectivity index (χ4v) is 1.18. The number of urea groups is 1. The molecule has 5 heteroatoms. The van der Waals surface area contributed by atoms with Gasteiger partial charge in [0.25, 0.3) is 0 Å². The van der Waals surface area contributed by atoms with Crippen LogP contribution in [0.5, 0.6) is 0 Å². The Hall–Kier alpha value is -2.04. The van der Waals surface area contributed by atoms with Gasteiger partial charge < -0.3 is 16.4 Å². The van der Waals surface area contributed by atoms with E-state index in [4.69, 9.17) is 5.73 Å². The molecule has 0 radical (unpaired) electrons. The van der Waals surface area contributed by atoms with Gasteiger partial charge in [-0.05, 0) is 32.0 Å². The number of hydrogen-bond acceptors (Lipinski definition) is 2. The third kappa shape index (κ3) is 3.61.